The maximum Gasteiger partial charge on any atom is 0.417 e. The minimum Gasteiger partial charge on any atom is -0.319 e. The number of H-pyrrole nitrogens is 1. The van der Waals surface area contributed by atoms with Gasteiger partial charge in [0, 0.05) is 24.4 Å². The van der Waals surface area contributed by atoms with Gasteiger partial charge in [-0.05, 0) is 18.2 Å². The molecule has 0 unspecified atom stereocenters. The molecule has 5 rings (SSSR count). The molecule has 2 aromatic carbocycles. The number of halogens is 4. The lowest BCUT2D eigenvalue weighted by Crippen LogP contribution is -2.18. The number of aryl methyl sites for hydroxylation is 1. The first-order valence-electron chi connectivity index (χ1n) is 11.2. The van der Waals surface area contributed by atoms with E-state index in [1.807, 2.05) is 0 Å². The number of hydrogen-bond donors (Lipinski definition) is 2. The zero-order valence-electron chi connectivity index (χ0n) is 19.7. The minimum absolute atomic E-state index is 0.0565. The van der Waals surface area contributed by atoms with Gasteiger partial charge in [-0.15, -0.1) is 0 Å². The van der Waals surface area contributed by atoms with Crippen molar-refractivity contribution in [2.24, 2.45) is 7.05 Å². The van der Waals surface area contributed by atoms with Crippen LogP contribution in [0.3, 0.4) is 0 Å². The summed E-state index contributed by atoms with van der Waals surface area (Å²) in [4.78, 5) is 26.0. The Morgan fingerprint density at radius 3 is 2.55 bits per heavy atom. The number of hydrogen-bond acceptors (Lipinski definition) is 6. The molecule has 1 amide bonds. The van der Waals surface area contributed by atoms with Gasteiger partial charge in [0.05, 0.1) is 40.8 Å². The predicted molar refractivity (Wildman–Crippen MR) is 128 cm³/mol. The van der Waals surface area contributed by atoms with Crippen LogP contribution in [0.5, 0.6) is 0 Å². The fourth-order valence-corrected chi connectivity index (χ4v) is 3.82. The fourth-order valence-electron chi connectivity index (χ4n) is 3.82. The van der Waals surface area contributed by atoms with Gasteiger partial charge in [0.15, 0.2) is 0 Å². The lowest BCUT2D eigenvalue weighted by molar-refractivity contribution is -0.137. The Balaban J connectivity index is 1.54. The first-order chi connectivity index (χ1) is 18.2. The van der Waals surface area contributed by atoms with Crippen molar-refractivity contribution in [3.63, 3.8) is 0 Å². The lowest BCUT2D eigenvalue weighted by Gasteiger charge is -2.15. The van der Waals surface area contributed by atoms with Crippen LogP contribution < -0.4 is 5.32 Å². The van der Waals surface area contributed by atoms with E-state index >= 15 is 0 Å². The molecule has 0 aliphatic heterocycles. The average molecular weight is 522 g/mol. The third-order valence-electron chi connectivity index (χ3n) is 5.57. The van der Waals surface area contributed by atoms with E-state index in [4.69, 9.17) is 0 Å². The van der Waals surface area contributed by atoms with Crippen LogP contribution in [0.25, 0.3) is 22.5 Å². The predicted octanol–water partition coefficient (Wildman–Crippen LogP) is 4.66. The summed E-state index contributed by atoms with van der Waals surface area (Å²) in [5.74, 6) is -1.41. The van der Waals surface area contributed by atoms with E-state index < -0.39 is 34.6 Å². The molecule has 192 valence electrons. The Morgan fingerprint density at radius 2 is 1.89 bits per heavy atom. The summed E-state index contributed by atoms with van der Waals surface area (Å²) in [6, 6.07) is 11.4. The molecule has 0 radical (unpaired) electrons. The molecule has 0 spiro atoms. The third-order valence-corrected chi connectivity index (χ3v) is 5.57. The molecular formula is C25H18F4N8O. The summed E-state index contributed by atoms with van der Waals surface area (Å²) in [6.45, 7) is 0. The molecular weight excluding hydrogens is 504 g/mol. The number of carbonyl (C=O) groups excluding carboxylic acids is 1. The summed E-state index contributed by atoms with van der Waals surface area (Å²) >= 11 is 0. The summed E-state index contributed by atoms with van der Waals surface area (Å²) in [5, 5.41) is 13.0. The summed E-state index contributed by atoms with van der Waals surface area (Å²) < 4.78 is 57.3. The molecule has 5 aromatic rings. The Kier molecular flexibility index (Phi) is 6.41. The highest BCUT2D eigenvalue weighted by Gasteiger charge is 2.36. The summed E-state index contributed by atoms with van der Waals surface area (Å²) in [6.07, 6.45) is -0.492. The van der Waals surface area contributed by atoms with E-state index in [1.54, 1.807) is 30.3 Å². The van der Waals surface area contributed by atoms with Crippen molar-refractivity contribution in [1.29, 1.82) is 0 Å². The Bertz CT molecular complexity index is 1600. The van der Waals surface area contributed by atoms with Gasteiger partial charge in [-0.3, -0.25) is 14.6 Å². The Labute approximate surface area is 212 Å². The number of benzene rings is 2. The molecule has 0 atom stereocenters. The van der Waals surface area contributed by atoms with Gasteiger partial charge >= 0.3 is 6.18 Å². The number of rotatable bonds is 6. The van der Waals surface area contributed by atoms with Crippen molar-refractivity contribution in [3.05, 3.63) is 95.8 Å². The molecule has 0 bridgehead atoms. The number of anilines is 1. The molecule has 9 nitrogen and oxygen atoms in total. The zero-order valence-corrected chi connectivity index (χ0v) is 19.7. The van der Waals surface area contributed by atoms with Crippen LogP contribution in [0, 0.1) is 5.82 Å². The number of nitrogens with one attached hydrogen (secondary N) is 2. The molecule has 0 aliphatic carbocycles. The van der Waals surface area contributed by atoms with Gasteiger partial charge in [-0.1, -0.05) is 30.3 Å². The van der Waals surface area contributed by atoms with Crippen LogP contribution >= 0.6 is 0 Å². The third kappa shape index (κ3) is 5.12. The van der Waals surface area contributed by atoms with Crippen LogP contribution in [0.2, 0.25) is 0 Å². The van der Waals surface area contributed by atoms with Crippen molar-refractivity contribution in [2.45, 2.75) is 12.6 Å². The lowest BCUT2D eigenvalue weighted by atomic mass is 9.99. The van der Waals surface area contributed by atoms with Crippen molar-refractivity contribution in [3.8, 4) is 22.5 Å². The van der Waals surface area contributed by atoms with Crippen molar-refractivity contribution in [2.75, 3.05) is 5.32 Å². The standard InChI is InChI=1S/C25H18F4N8O/c1-37-8-7-19(36-37)15-9-16(18(26)10-17(15)25(27,28)29)24(38)33-20-12-30-21(11-22-31-13-32-35-22)34-23(20)14-5-3-2-4-6-14/h2-10,12-13H,11H2,1H3,(H,33,38)(H,31,32,35). The van der Waals surface area contributed by atoms with E-state index in [9.17, 15) is 22.4 Å². The second kappa shape index (κ2) is 9.84. The van der Waals surface area contributed by atoms with Gasteiger partial charge in [0.2, 0.25) is 0 Å². The summed E-state index contributed by atoms with van der Waals surface area (Å²) in [5.41, 5.74) is -1.21. The van der Waals surface area contributed by atoms with Crippen molar-refractivity contribution >= 4 is 11.6 Å². The van der Waals surface area contributed by atoms with E-state index in [-0.39, 0.29) is 17.8 Å². The second-order valence-corrected chi connectivity index (χ2v) is 8.23. The smallest absolute Gasteiger partial charge is 0.319 e. The molecule has 0 aliphatic rings. The van der Waals surface area contributed by atoms with Crippen LogP contribution in [0.4, 0.5) is 23.2 Å². The van der Waals surface area contributed by atoms with Crippen LogP contribution in [-0.2, 0) is 19.6 Å². The Hall–Kier alpha value is -4.94. The molecule has 2 N–H and O–H groups in total. The highest BCUT2D eigenvalue weighted by Crippen LogP contribution is 2.38. The second-order valence-electron chi connectivity index (χ2n) is 8.23. The summed E-state index contributed by atoms with van der Waals surface area (Å²) in [7, 11) is 1.53. The van der Waals surface area contributed by atoms with Crippen LogP contribution in [-0.4, -0.2) is 40.8 Å². The number of alkyl halides is 3. The number of aromatic amines is 1. The van der Waals surface area contributed by atoms with Gasteiger partial charge in [0.25, 0.3) is 5.91 Å². The van der Waals surface area contributed by atoms with Crippen molar-refractivity contribution < 1.29 is 22.4 Å². The first-order valence-corrected chi connectivity index (χ1v) is 11.2. The average Bonchev–Trinajstić information content (AvgIpc) is 3.56. The fraction of sp³-hybridized carbons (Fsp3) is 0.120. The largest absolute Gasteiger partial charge is 0.417 e. The van der Waals surface area contributed by atoms with Gasteiger partial charge in [-0.2, -0.15) is 23.4 Å². The maximum atomic E-state index is 14.9. The monoisotopic (exact) mass is 522 g/mol. The first kappa shape index (κ1) is 24.7. The number of amides is 1. The number of nitrogens with zero attached hydrogens (tertiary/aromatic N) is 6. The number of aromatic nitrogens is 7. The highest BCUT2D eigenvalue weighted by atomic mass is 19.4. The van der Waals surface area contributed by atoms with Gasteiger partial charge in [-0.25, -0.2) is 19.3 Å². The minimum atomic E-state index is -4.86. The molecule has 3 heterocycles. The van der Waals surface area contributed by atoms with Gasteiger partial charge in [0.1, 0.15) is 23.8 Å². The maximum absolute atomic E-state index is 14.9. The number of carbonyl (C=O) groups is 1. The van der Waals surface area contributed by atoms with E-state index in [1.165, 1.54) is 36.5 Å². The van der Waals surface area contributed by atoms with Gasteiger partial charge < -0.3 is 5.32 Å². The Morgan fingerprint density at radius 1 is 1.11 bits per heavy atom. The molecule has 0 saturated heterocycles. The van der Waals surface area contributed by atoms with Crippen LogP contribution in [0.15, 0.2) is 67.3 Å². The molecule has 13 heteroatoms. The molecule has 3 aromatic heterocycles. The molecule has 0 saturated carbocycles. The highest BCUT2D eigenvalue weighted by molar-refractivity contribution is 6.06. The molecule has 0 fully saturated rings. The normalized spacial score (nSPS) is 11.5. The topological polar surface area (TPSA) is 114 Å². The van der Waals surface area contributed by atoms with E-state index in [0.717, 1.165) is 6.07 Å². The quantitative estimate of drug-likeness (QED) is 0.314. The van der Waals surface area contributed by atoms with Crippen LogP contribution in [0.1, 0.15) is 27.6 Å². The van der Waals surface area contributed by atoms with E-state index in [0.29, 0.717) is 29.0 Å². The van der Waals surface area contributed by atoms with Crippen molar-refractivity contribution in [1.82, 2.24) is 34.9 Å². The molecule has 38 heavy (non-hydrogen) atoms. The zero-order chi connectivity index (χ0) is 26.9. The SMILES string of the molecule is Cn1ccc(-c2cc(C(=O)Nc3cnc(Cc4ncn[nH]4)nc3-c3ccccc3)c(F)cc2C(F)(F)F)n1. The van der Waals surface area contributed by atoms with E-state index in [2.05, 4.69) is 35.6 Å².